The average Bonchev–Trinajstić information content (AvgIpc) is 2.47. The molecule has 0 bridgehead atoms. The minimum Gasteiger partial charge on any atom is -0.450 e. The van der Waals surface area contributed by atoms with Gasteiger partial charge in [-0.3, -0.25) is 9.78 Å². The third-order valence-corrected chi connectivity index (χ3v) is 3.63. The van der Waals surface area contributed by atoms with Gasteiger partial charge >= 0.3 is 6.09 Å². The summed E-state index contributed by atoms with van der Waals surface area (Å²) in [6.45, 7) is 3.17. The Bertz CT molecular complexity index is 524. The molecule has 1 aliphatic rings. The van der Waals surface area contributed by atoms with Gasteiger partial charge in [-0.05, 0) is 25.8 Å². The minimum atomic E-state index is -0.448. The first-order valence-electron chi connectivity index (χ1n) is 6.94. The molecule has 1 fully saturated rings. The quantitative estimate of drug-likeness (QED) is 0.927. The van der Waals surface area contributed by atoms with E-state index >= 15 is 0 Å². The second-order valence-corrected chi connectivity index (χ2v) is 5.22. The van der Waals surface area contributed by atoms with Gasteiger partial charge in [0.15, 0.2) is 0 Å². The van der Waals surface area contributed by atoms with Crippen molar-refractivity contribution in [3.8, 4) is 0 Å². The molecule has 7 heteroatoms. The number of alkyl carbamates (subject to hydrolysis) is 1. The summed E-state index contributed by atoms with van der Waals surface area (Å²) >= 11 is 6.02. The molecule has 0 aliphatic carbocycles. The Kier molecular flexibility index (Phi) is 5.38. The van der Waals surface area contributed by atoms with E-state index in [-0.39, 0.29) is 11.9 Å². The summed E-state index contributed by atoms with van der Waals surface area (Å²) in [6, 6.07) is 1.49. The van der Waals surface area contributed by atoms with Gasteiger partial charge in [-0.15, -0.1) is 0 Å². The molecule has 1 N–H and O–H groups in total. The molecule has 6 nitrogen and oxygen atoms in total. The molecular weight excluding hydrogens is 294 g/mol. The van der Waals surface area contributed by atoms with E-state index in [2.05, 4.69) is 10.3 Å². The van der Waals surface area contributed by atoms with Crippen LogP contribution in [0.25, 0.3) is 0 Å². The van der Waals surface area contributed by atoms with Crippen molar-refractivity contribution in [2.75, 3.05) is 19.7 Å². The van der Waals surface area contributed by atoms with Crippen LogP contribution in [0.15, 0.2) is 18.5 Å². The zero-order chi connectivity index (χ0) is 15.2. The van der Waals surface area contributed by atoms with Gasteiger partial charge in [0.25, 0.3) is 5.91 Å². The van der Waals surface area contributed by atoms with Crippen LogP contribution >= 0.6 is 11.6 Å². The summed E-state index contributed by atoms with van der Waals surface area (Å²) in [4.78, 5) is 29.5. The number of hydrogen-bond donors (Lipinski definition) is 1. The maximum absolute atomic E-state index is 12.4. The molecule has 2 rings (SSSR count). The van der Waals surface area contributed by atoms with Crippen molar-refractivity contribution >= 4 is 23.6 Å². The average molecular weight is 312 g/mol. The molecule has 0 saturated carbocycles. The Hall–Kier alpha value is -1.82. The van der Waals surface area contributed by atoms with Crippen molar-refractivity contribution < 1.29 is 14.3 Å². The van der Waals surface area contributed by atoms with Crippen LogP contribution in [-0.2, 0) is 4.74 Å². The summed E-state index contributed by atoms with van der Waals surface area (Å²) in [7, 11) is 0. The molecule has 2 heterocycles. The van der Waals surface area contributed by atoms with Crippen molar-refractivity contribution in [2.45, 2.75) is 25.8 Å². The summed E-state index contributed by atoms with van der Waals surface area (Å²) in [5.41, 5.74) is 0.385. The number of ether oxygens (including phenoxy) is 1. The smallest absolute Gasteiger partial charge is 0.407 e. The van der Waals surface area contributed by atoms with Gasteiger partial charge in [-0.2, -0.15) is 0 Å². The number of aromatic nitrogens is 1. The third-order valence-electron chi connectivity index (χ3n) is 3.30. The molecule has 1 aromatic heterocycles. The highest BCUT2D eigenvalue weighted by Crippen LogP contribution is 2.19. The Labute approximate surface area is 128 Å². The molecule has 21 heavy (non-hydrogen) atoms. The SMILES string of the molecule is CCOC(=O)NC1CCCN(C(=O)c2cnccc2Cl)C1. The van der Waals surface area contributed by atoms with E-state index in [1.54, 1.807) is 24.1 Å². The predicted octanol–water partition coefficient (Wildman–Crippen LogP) is 2.09. The Morgan fingerprint density at radius 1 is 1.57 bits per heavy atom. The predicted molar refractivity (Wildman–Crippen MR) is 78.3 cm³/mol. The first-order valence-corrected chi connectivity index (χ1v) is 7.31. The number of likely N-dealkylation sites (tertiary alicyclic amines) is 1. The van der Waals surface area contributed by atoms with E-state index < -0.39 is 6.09 Å². The number of nitrogens with one attached hydrogen (secondary N) is 1. The lowest BCUT2D eigenvalue weighted by molar-refractivity contribution is 0.0686. The molecule has 0 aromatic carbocycles. The lowest BCUT2D eigenvalue weighted by Gasteiger charge is -2.33. The number of rotatable bonds is 3. The van der Waals surface area contributed by atoms with Gasteiger partial charge in [0.05, 0.1) is 17.2 Å². The van der Waals surface area contributed by atoms with Crippen LogP contribution in [0.1, 0.15) is 30.1 Å². The van der Waals surface area contributed by atoms with Gasteiger partial charge in [-0.1, -0.05) is 11.6 Å². The molecule has 2 amide bonds. The van der Waals surface area contributed by atoms with Crippen LogP contribution in [0.5, 0.6) is 0 Å². The molecule has 1 saturated heterocycles. The van der Waals surface area contributed by atoms with E-state index in [0.717, 1.165) is 12.8 Å². The molecular formula is C14H18ClN3O3. The number of amides is 2. The molecule has 0 radical (unpaired) electrons. The van der Waals surface area contributed by atoms with Gasteiger partial charge in [0.2, 0.25) is 0 Å². The van der Waals surface area contributed by atoms with E-state index in [9.17, 15) is 9.59 Å². The van der Waals surface area contributed by atoms with E-state index in [0.29, 0.717) is 30.3 Å². The summed E-state index contributed by atoms with van der Waals surface area (Å²) in [6.07, 6.45) is 4.20. The Morgan fingerprint density at radius 2 is 2.38 bits per heavy atom. The maximum Gasteiger partial charge on any atom is 0.407 e. The van der Waals surface area contributed by atoms with E-state index in [1.807, 2.05) is 0 Å². The number of pyridine rings is 1. The van der Waals surface area contributed by atoms with Crippen LogP contribution < -0.4 is 5.32 Å². The van der Waals surface area contributed by atoms with Crippen molar-refractivity contribution in [1.82, 2.24) is 15.2 Å². The standard InChI is InChI=1S/C14H18ClN3O3/c1-2-21-14(20)17-10-4-3-7-18(9-10)13(19)11-8-16-6-5-12(11)15/h5-6,8,10H,2-4,7,9H2,1H3,(H,17,20). The number of carbonyl (C=O) groups is 2. The van der Waals surface area contributed by atoms with Crippen molar-refractivity contribution in [3.05, 3.63) is 29.0 Å². The highest BCUT2D eigenvalue weighted by Gasteiger charge is 2.26. The van der Waals surface area contributed by atoms with Crippen LogP contribution in [-0.4, -0.2) is 47.6 Å². The zero-order valence-corrected chi connectivity index (χ0v) is 12.6. The molecule has 114 valence electrons. The normalized spacial score (nSPS) is 18.2. The van der Waals surface area contributed by atoms with Crippen LogP contribution in [0, 0.1) is 0 Å². The third kappa shape index (κ3) is 4.07. The fourth-order valence-electron chi connectivity index (χ4n) is 2.32. The minimum absolute atomic E-state index is 0.0998. The fraction of sp³-hybridized carbons (Fsp3) is 0.500. The monoisotopic (exact) mass is 311 g/mol. The van der Waals surface area contributed by atoms with Crippen molar-refractivity contribution in [3.63, 3.8) is 0 Å². The Morgan fingerprint density at radius 3 is 3.10 bits per heavy atom. The maximum atomic E-state index is 12.4. The van der Waals surface area contributed by atoms with Crippen LogP contribution in [0.3, 0.4) is 0 Å². The number of carbonyl (C=O) groups excluding carboxylic acids is 2. The summed E-state index contributed by atoms with van der Waals surface area (Å²) in [5.74, 6) is -0.163. The topological polar surface area (TPSA) is 71.5 Å². The fourth-order valence-corrected chi connectivity index (χ4v) is 2.51. The highest BCUT2D eigenvalue weighted by molar-refractivity contribution is 6.33. The van der Waals surface area contributed by atoms with E-state index in [4.69, 9.17) is 16.3 Å². The first kappa shape index (κ1) is 15.6. The molecule has 1 aromatic rings. The second kappa shape index (κ2) is 7.26. The van der Waals surface area contributed by atoms with E-state index in [1.165, 1.54) is 6.20 Å². The lowest BCUT2D eigenvalue weighted by Crippen LogP contribution is -2.49. The number of halogens is 1. The summed E-state index contributed by atoms with van der Waals surface area (Å²) in [5, 5.41) is 3.15. The molecule has 1 aliphatic heterocycles. The van der Waals surface area contributed by atoms with Gasteiger partial charge in [0, 0.05) is 31.5 Å². The lowest BCUT2D eigenvalue weighted by atomic mass is 10.0. The second-order valence-electron chi connectivity index (χ2n) is 4.81. The first-order chi connectivity index (χ1) is 10.1. The molecule has 0 spiro atoms. The van der Waals surface area contributed by atoms with Gasteiger partial charge in [-0.25, -0.2) is 4.79 Å². The highest BCUT2D eigenvalue weighted by atomic mass is 35.5. The molecule has 1 atom stereocenters. The number of nitrogens with zero attached hydrogens (tertiary/aromatic N) is 2. The summed E-state index contributed by atoms with van der Waals surface area (Å²) < 4.78 is 4.86. The van der Waals surface area contributed by atoms with Crippen LogP contribution in [0.2, 0.25) is 5.02 Å². The van der Waals surface area contributed by atoms with Gasteiger partial charge in [0.1, 0.15) is 0 Å². The van der Waals surface area contributed by atoms with Crippen LogP contribution in [0.4, 0.5) is 4.79 Å². The largest absolute Gasteiger partial charge is 0.450 e. The van der Waals surface area contributed by atoms with Crippen molar-refractivity contribution in [2.24, 2.45) is 0 Å². The zero-order valence-electron chi connectivity index (χ0n) is 11.8. The number of hydrogen-bond acceptors (Lipinski definition) is 4. The van der Waals surface area contributed by atoms with Crippen molar-refractivity contribution in [1.29, 1.82) is 0 Å². The molecule has 1 unspecified atom stereocenters. The van der Waals surface area contributed by atoms with Gasteiger partial charge < -0.3 is 15.0 Å². The number of piperidine rings is 1. The Balaban J connectivity index is 1.99.